The first kappa shape index (κ1) is 17.8. The highest BCUT2D eigenvalue weighted by molar-refractivity contribution is 5.45. The number of aliphatic hydroxyl groups is 1. The van der Waals surface area contributed by atoms with E-state index < -0.39 is 0 Å². The van der Waals surface area contributed by atoms with Crippen molar-refractivity contribution in [1.82, 2.24) is 4.90 Å². The summed E-state index contributed by atoms with van der Waals surface area (Å²) >= 11 is 0. The maximum absolute atomic E-state index is 8.91. The predicted molar refractivity (Wildman–Crippen MR) is 99.4 cm³/mol. The molecule has 0 radical (unpaired) electrons. The van der Waals surface area contributed by atoms with Gasteiger partial charge in [-0.05, 0) is 47.5 Å². The van der Waals surface area contributed by atoms with Gasteiger partial charge in [0.15, 0.2) is 0 Å². The Balaban J connectivity index is 1.87. The van der Waals surface area contributed by atoms with Gasteiger partial charge in [-0.3, -0.25) is 4.90 Å². The normalized spacial score (nSPS) is 17.2. The van der Waals surface area contributed by atoms with Gasteiger partial charge in [0.25, 0.3) is 0 Å². The largest absolute Gasteiger partial charge is 0.497 e. The number of aliphatic hydroxyl groups excluding tert-OH is 1. The van der Waals surface area contributed by atoms with Crippen LogP contribution >= 0.6 is 0 Å². The molecule has 0 saturated heterocycles. The number of ether oxygens (including phenoxy) is 2. The van der Waals surface area contributed by atoms with Crippen LogP contribution in [-0.2, 0) is 6.54 Å². The van der Waals surface area contributed by atoms with Crippen LogP contribution in [0.25, 0.3) is 0 Å². The van der Waals surface area contributed by atoms with Crippen molar-refractivity contribution in [1.29, 1.82) is 0 Å². The molecule has 0 aliphatic carbocycles. The monoisotopic (exact) mass is 341 g/mol. The lowest BCUT2D eigenvalue weighted by Crippen LogP contribution is -2.33. The number of benzene rings is 2. The van der Waals surface area contributed by atoms with Crippen LogP contribution in [0.2, 0.25) is 0 Å². The Morgan fingerprint density at radius 1 is 1.12 bits per heavy atom. The standard InChI is InChI=1S/C21H27NO3/c1-3-22-14-17-13-19(25-12-4-11-23)9-10-20(17)21(15-22)16-5-7-18(24-2)8-6-16/h5-10,13,21,23H,3-4,11-12,14-15H2,1-2H3. The van der Waals surface area contributed by atoms with Crippen molar-refractivity contribution in [2.45, 2.75) is 25.8 Å². The number of methoxy groups -OCH3 is 1. The summed E-state index contributed by atoms with van der Waals surface area (Å²) < 4.78 is 11.0. The summed E-state index contributed by atoms with van der Waals surface area (Å²) in [6, 6.07) is 14.8. The first-order valence-electron chi connectivity index (χ1n) is 8.98. The molecule has 1 atom stereocenters. The van der Waals surface area contributed by atoms with Crippen LogP contribution < -0.4 is 9.47 Å². The zero-order valence-corrected chi connectivity index (χ0v) is 15.1. The molecule has 1 N–H and O–H groups in total. The number of nitrogens with zero attached hydrogens (tertiary/aromatic N) is 1. The summed E-state index contributed by atoms with van der Waals surface area (Å²) in [6.07, 6.45) is 0.659. The third-order valence-corrected chi connectivity index (χ3v) is 4.86. The molecule has 0 aromatic heterocycles. The minimum Gasteiger partial charge on any atom is -0.497 e. The zero-order chi connectivity index (χ0) is 17.6. The lowest BCUT2D eigenvalue weighted by molar-refractivity contribution is 0.231. The maximum Gasteiger partial charge on any atom is 0.119 e. The molecule has 3 rings (SSSR count). The van der Waals surface area contributed by atoms with E-state index in [9.17, 15) is 0 Å². The van der Waals surface area contributed by atoms with E-state index in [1.54, 1.807) is 7.11 Å². The molecular formula is C21H27NO3. The minimum absolute atomic E-state index is 0.161. The van der Waals surface area contributed by atoms with Gasteiger partial charge in [-0.2, -0.15) is 0 Å². The van der Waals surface area contributed by atoms with E-state index in [4.69, 9.17) is 14.6 Å². The highest BCUT2D eigenvalue weighted by atomic mass is 16.5. The Bertz CT molecular complexity index is 684. The fraction of sp³-hybridized carbons (Fsp3) is 0.429. The molecule has 0 fully saturated rings. The fourth-order valence-electron chi connectivity index (χ4n) is 3.43. The molecule has 25 heavy (non-hydrogen) atoms. The Morgan fingerprint density at radius 3 is 2.56 bits per heavy atom. The third-order valence-electron chi connectivity index (χ3n) is 4.86. The molecule has 134 valence electrons. The maximum atomic E-state index is 8.91. The van der Waals surface area contributed by atoms with E-state index in [0.717, 1.165) is 31.1 Å². The average Bonchev–Trinajstić information content (AvgIpc) is 2.67. The predicted octanol–water partition coefficient (Wildman–Crippen LogP) is 3.42. The lowest BCUT2D eigenvalue weighted by Gasteiger charge is -2.34. The van der Waals surface area contributed by atoms with Gasteiger partial charge in [-0.1, -0.05) is 25.1 Å². The van der Waals surface area contributed by atoms with Crippen molar-refractivity contribution in [2.24, 2.45) is 0 Å². The summed E-state index contributed by atoms with van der Waals surface area (Å²) in [6.45, 7) is 5.93. The smallest absolute Gasteiger partial charge is 0.119 e. The fourth-order valence-corrected chi connectivity index (χ4v) is 3.43. The van der Waals surface area contributed by atoms with E-state index in [1.165, 1.54) is 16.7 Å². The van der Waals surface area contributed by atoms with Crippen LogP contribution in [0, 0.1) is 0 Å². The second-order valence-corrected chi connectivity index (χ2v) is 6.44. The van der Waals surface area contributed by atoms with Gasteiger partial charge >= 0.3 is 0 Å². The van der Waals surface area contributed by atoms with Crippen molar-refractivity contribution in [2.75, 3.05) is 33.4 Å². The zero-order valence-electron chi connectivity index (χ0n) is 15.1. The number of rotatable bonds is 7. The Hall–Kier alpha value is -2.04. The van der Waals surface area contributed by atoms with Crippen LogP contribution in [-0.4, -0.2) is 43.4 Å². The van der Waals surface area contributed by atoms with Gasteiger partial charge in [0, 0.05) is 32.0 Å². The summed E-state index contributed by atoms with van der Waals surface area (Å²) in [5, 5.41) is 8.91. The first-order valence-corrected chi connectivity index (χ1v) is 8.98. The van der Waals surface area contributed by atoms with Crippen LogP contribution in [0.1, 0.15) is 36.0 Å². The first-order chi connectivity index (χ1) is 12.2. The molecule has 2 aromatic rings. The number of hydrogen-bond acceptors (Lipinski definition) is 4. The summed E-state index contributed by atoms with van der Waals surface area (Å²) in [5.74, 6) is 2.14. The second kappa shape index (κ2) is 8.37. The molecule has 1 aliphatic rings. The van der Waals surface area contributed by atoms with Crippen molar-refractivity contribution < 1.29 is 14.6 Å². The molecule has 1 heterocycles. The van der Waals surface area contributed by atoms with E-state index in [1.807, 2.05) is 18.2 Å². The quantitative estimate of drug-likeness (QED) is 0.784. The number of likely N-dealkylation sites (N-methyl/N-ethyl adjacent to an activating group) is 1. The Labute approximate surface area is 150 Å². The van der Waals surface area contributed by atoms with Crippen molar-refractivity contribution in [3.05, 3.63) is 59.2 Å². The van der Waals surface area contributed by atoms with Gasteiger partial charge in [0.1, 0.15) is 11.5 Å². The van der Waals surface area contributed by atoms with Crippen LogP contribution in [0.3, 0.4) is 0 Å². The average molecular weight is 341 g/mol. The molecule has 2 aromatic carbocycles. The second-order valence-electron chi connectivity index (χ2n) is 6.44. The highest BCUT2D eigenvalue weighted by Gasteiger charge is 2.26. The lowest BCUT2D eigenvalue weighted by atomic mass is 9.84. The molecule has 0 saturated carbocycles. The van der Waals surface area contributed by atoms with Crippen molar-refractivity contribution in [3.8, 4) is 11.5 Å². The minimum atomic E-state index is 0.161. The van der Waals surface area contributed by atoms with Gasteiger partial charge in [-0.15, -0.1) is 0 Å². The Kier molecular flexibility index (Phi) is 5.95. The van der Waals surface area contributed by atoms with E-state index in [2.05, 4.69) is 36.1 Å². The number of hydrogen-bond donors (Lipinski definition) is 1. The van der Waals surface area contributed by atoms with Crippen molar-refractivity contribution in [3.63, 3.8) is 0 Å². The molecular weight excluding hydrogens is 314 g/mol. The molecule has 0 spiro atoms. The van der Waals surface area contributed by atoms with Crippen molar-refractivity contribution >= 4 is 0 Å². The van der Waals surface area contributed by atoms with Crippen LogP contribution in [0.4, 0.5) is 0 Å². The Morgan fingerprint density at radius 2 is 1.88 bits per heavy atom. The molecule has 1 aliphatic heterocycles. The van der Waals surface area contributed by atoms with Crippen LogP contribution in [0.5, 0.6) is 11.5 Å². The summed E-state index contributed by atoms with van der Waals surface area (Å²) in [4.78, 5) is 2.47. The summed E-state index contributed by atoms with van der Waals surface area (Å²) in [7, 11) is 1.70. The number of fused-ring (bicyclic) bond motifs is 1. The molecule has 0 bridgehead atoms. The van der Waals surface area contributed by atoms with Gasteiger partial charge in [0.2, 0.25) is 0 Å². The highest BCUT2D eigenvalue weighted by Crippen LogP contribution is 2.35. The van der Waals surface area contributed by atoms with Gasteiger partial charge in [-0.25, -0.2) is 0 Å². The van der Waals surface area contributed by atoms with E-state index >= 15 is 0 Å². The molecule has 4 nitrogen and oxygen atoms in total. The molecule has 1 unspecified atom stereocenters. The third kappa shape index (κ3) is 4.14. The van der Waals surface area contributed by atoms with E-state index in [-0.39, 0.29) is 6.61 Å². The van der Waals surface area contributed by atoms with Gasteiger partial charge in [0.05, 0.1) is 13.7 Å². The van der Waals surface area contributed by atoms with Crippen LogP contribution in [0.15, 0.2) is 42.5 Å². The SMILES string of the molecule is CCN1Cc2cc(OCCCO)ccc2C(c2ccc(OC)cc2)C1. The topological polar surface area (TPSA) is 41.9 Å². The molecule has 0 amide bonds. The van der Waals surface area contributed by atoms with E-state index in [0.29, 0.717) is 18.9 Å². The summed E-state index contributed by atoms with van der Waals surface area (Å²) in [5.41, 5.74) is 4.02. The molecule has 4 heteroatoms. The van der Waals surface area contributed by atoms with Gasteiger partial charge < -0.3 is 14.6 Å².